The third-order valence-electron chi connectivity index (χ3n) is 4.64. The first-order chi connectivity index (χ1) is 12.3. The minimum absolute atomic E-state index is 0.239. The van der Waals surface area contributed by atoms with Crippen molar-refractivity contribution >= 4 is 24.7 Å². The molecule has 0 bridgehead atoms. The van der Waals surface area contributed by atoms with Gasteiger partial charge in [-0.15, -0.1) is 6.58 Å². The van der Waals surface area contributed by atoms with Gasteiger partial charge in [0.05, 0.1) is 0 Å². The summed E-state index contributed by atoms with van der Waals surface area (Å²) in [6, 6.07) is 20.2. The Bertz CT molecular complexity index is 681. The zero-order valence-corrected chi connectivity index (χ0v) is 16.8. The van der Waals surface area contributed by atoms with E-state index in [2.05, 4.69) is 51.6 Å². The predicted molar refractivity (Wildman–Crippen MR) is 110 cm³/mol. The van der Waals surface area contributed by atoms with Crippen molar-refractivity contribution in [3.63, 3.8) is 0 Å². The third kappa shape index (κ3) is 4.14. The Morgan fingerprint density at radius 1 is 1.08 bits per heavy atom. The number of carboxylic acid groups (broad SMARTS) is 1. The second-order valence-electron chi connectivity index (χ2n) is 7.47. The molecule has 1 unspecified atom stereocenters. The van der Waals surface area contributed by atoms with Gasteiger partial charge in [-0.2, -0.15) is 0 Å². The predicted octanol–water partition coefficient (Wildman–Crippen LogP) is 3.98. The number of carboxylic acids is 1. The van der Waals surface area contributed by atoms with E-state index >= 15 is 0 Å². The Hall–Kier alpha value is -2.17. The first kappa shape index (κ1) is 20.1. The van der Waals surface area contributed by atoms with E-state index in [0.717, 1.165) is 10.4 Å². The van der Waals surface area contributed by atoms with Crippen LogP contribution >= 0.6 is 0 Å². The molecule has 0 aliphatic rings. The van der Waals surface area contributed by atoms with Crippen LogP contribution in [-0.2, 0) is 9.22 Å². The van der Waals surface area contributed by atoms with Crippen LogP contribution in [0.2, 0.25) is 5.04 Å². The lowest BCUT2D eigenvalue weighted by atomic mass is 10.2. The van der Waals surface area contributed by atoms with Gasteiger partial charge in [-0.1, -0.05) is 87.5 Å². The van der Waals surface area contributed by atoms with Crippen molar-refractivity contribution in [3.05, 3.63) is 73.3 Å². The monoisotopic (exact) mass is 368 g/mol. The molecule has 0 heterocycles. The summed E-state index contributed by atoms with van der Waals surface area (Å²) in [7, 11) is -2.84. The topological polar surface area (TPSA) is 46.5 Å². The van der Waals surface area contributed by atoms with Crippen molar-refractivity contribution in [1.29, 1.82) is 0 Å². The standard InChI is InChI=1S/C22H28O3Si/c1-5-6-17-20(21(23)24)25-26(22(2,3)4,18-13-9-7-10-14-18)19-15-11-8-12-16-19/h5,7-16,20H,1,6,17H2,2-4H3,(H,23,24). The van der Waals surface area contributed by atoms with Gasteiger partial charge in [0, 0.05) is 0 Å². The molecule has 26 heavy (non-hydrogen) atoms. The van der Waals surface area contributed by atoms with Gasteiger partial charge in [0.1, 0.15) is 6.10 Å². The SMILES string of the molecule is C=CCCC(O[Si](c1ccccc1)(c1ccccc1)C(C)(C)C)C(=O)O. The van der Waals surface area contributed by atoms with Crippen LogP contribution in [0, 0.1) is 0 Å². The minimum Gasteiger partial charge on any atom is -0.479 e. The summed E-state index contributed by atoms with van der Waals surface area (Å²) in [4.78, 5) is 11.9. The van der Waals surface area contributed by atoms with E-state index in [4.69, 9.17) is 4.43 Å². The molecule has 0 aliphatic carbocycles. The molecule has 2 rings (SSSR count). The number of allylic oxidation sites excluding steroid dienone is 1. The number of benzene rings is 2. The minimum atomic E-state index is -2.84. The Balaban J connectivity index is 2.67. The maximum atomic E-state index is 11.9. The summed E-state index contributed by atoms with van der Waals surface area (Å²) >= 11 is 0. The van der Waals surface area contributed by atoms with E-state index in [1.165, 1.54) is 0 Å². The van der Waals surface area contributed by atoms with Gasteiger partial charge >= 0.3 is 5.97 Å². The van der Waals surface area contributed by atoms with Crippen molar-refractivity contribution in [2.45, 2.75) is 44.8 Å². The van der Waals surface area contributed by atoms with Crippen LogP contribution in [0.5, 0.6) is 0 Å². The molecule has 4 heteroatoms. The van der Waals surface area contributed by atoms with Gasteiger partial charge in [0.15, 0.2) is 0 Å². The molecule has 0 amide bonds. The van der Waals surface area contributed by atoms with Crippen LogP contribution in [0.1, 0.15) is 33.6 Å². The maximum absolute atomic E-state index is 11.9. The van der Waals surface area contributed by atoms with E-state index in [-0.39, 0.29) is 5.04 Å². The molecule has 2 aromatic rings. The van der Waals surface area contributed by atoms with Crippen molar-refractivity contribution in [3.8, 4) is 0 Å². The highest BCUT2D eigenvalue weighted by Crippen LogP contribution is 2.37. The van der Waals surface area contributed by atoms with Gasteiger partial charge in [-0.3, -0.25) is 0 Å². The lowest BCUT2D eigenvalue weighted by Crippen LogP contribution is -2.68. The summed E-state index contributed by atoms with van der Waals surface area (Å²) in [6.07, 6.45) is 1.91. The zero-order chi connectivity index (χ0) is 19.2. The first-order valence-corrected chi connectivity index (χ1v) is 10.9. The average Bonchev–Trinajstić information content (AvgIpc) is 2.62. The summed E-state index contributed by atoms with van der Waals surface area (Å²) in [5.74, 6) is -0.917. The second-order valence-corrected chi connectivity index (χ2v) is 11.7. The molecule has 1 N–H and O–H groups in total. The molecular weight excluding hydrogens is 340 g/mol. The third-order valence-corrected chi connectivity index (χ3v) is 9.69. The molecule has 0 radical (unpaired) electrons. The molecule has 0 spiro atoms. The number of carbonyl (C=O) groups is 1. The van der Waals surface area contributed by atoms with Gasteiger partial charge in [0.25, 0.3) is 8.32 Å². The number of rotatable bonds is 8. The Labute approximate surface area is 157 Å². The van der Waals surface area contributed by atoms with Crippen LogP contribution in [0.25, 0.3) is 0 Å². The average molecular weight is 369 g/mol. The van der Waals surface area contributed by atoms with Crippen LogP contribution in [0.4, 0.5) is 0 Å². The number of hydrogen-bond donors (Lipinski definition) is 1. The summed E-state index contributed by atoms with van der Waals surface area (Å²) in [5.41, 5.74) is 0. The quantitative estimate of drug-likeness (QED) is 0.566. The molecule has 0 aliphatic heterocycles. The van der Waals surface area contributed by atoms with Gasteiger partial charge in [0.2, 0.25) is 0 Å². The molecular formula is C22H28O3Si. The second kappa shape index (κ2) is 8.47. The van der Waals surface area contributed by atoms with Crippen LogP contribution in [-0.4, -0.2) is 25.5 Å². The number of aliphatic carboxylic acids is 1. The smallest absolute Gasteiger partial charge is 0.331 e. The number of hydrogen-bond acceptors (Lipinski definition) is 2. The fourth-order valence-electron chi connectivity index (χ4n) is 3.41. The normalized spacial score (nSPS) is 13.2. The molecule has 2 aromatic carbocycles. The highest BCUT2D eigenvalue weighted by atomic mass is 28.4. The van der Waals surface area contributed by atoms with Gasteiger partial charge in [-0.05, 0) is 28.3 Å². The van der Waals surface area contributed by atoms with E-state index in [1.54, 1.807) is 6.08 Å². The maximum Gasteiger partial charge on any atom is 0.331 e. The fraction of sp³-hybridized carbons (Fsp3) is 0.318. The highest BCUT2D eigenvalue weighted by molar-refractivity contribution is 6.99. The van der Waals surface area contributed by atoms with E-state index in [9.17, 15) is 9.90 Å². The molecule has 0 saturated heterocycles. The van der Waals surface area contributed by atoms with Crippen molar-refractivity contribution in [1.82, 2.24) is 0 Å². The van der Waals surface area contributed by atoms with Crippen molar-refractivity contribution < 1.29 is 14.3 Å². The Morgan fingerprint density at radius 3 is 1.88 bits per heavy atom. The summed E-state index contributed by atoms with van der Waals surface area (Å²) in [5, 5.41) is 11.7. The first-order valence-electron chi connectivity index (χ1n) is 8.95. The van der Waals surface area contributed by atoms with E-state index < -0.39 is 20.4 Å². The van der Waals surface area contributed by atoms with Gasteiger partial charge in [-0.25, -0.2) is 4.79 Å². The summed E-state index contributed by atoms with van der Waals surface area (Å²) in [6.45, 7) is 10.1. The highest BCUT2D eigenvalue weighted by Gasteiger charge is 2.52. The van der Waals surface area contributed by atoms with Gasteiger partial charge < -0.3 is 9.53 Å². The largest absolute Gasteiger partial charge is 0.479 e. The van der Waals surface area contributed by atoms with Crippen LogP contribution < -0.4 is 10.4 Å². The van der Waals surface area contributed by atoms with Crippen LogP contribution in [0.3, 0.4) is 0 Å². The molecule has 3 nitrogen and oxygen atoms in total. The lowest BCUT2D eigenvalue weighted by molar-refractivity contribution is -0.145. The Morgan fingerprint density at radius 2 is 1.54 bits per heavy atom. The zero-order valence-electron chi connectivity index (χ0n) is 15.8. The lowest BCUT2D eigenvalue weighted by Gasteiger charge is -2.44. The van der Waals surface area contributed by atoms with E-state index in [1.807, 2.05) is 36.4 Å². The van der Waals surface area contributed by atoms with E-state index in [0.29, 0.717) is 12.8 Å². The van der Waals surface area contributed by atoms with Crippen molar-refractivity contribution in [2.24, 2.45) is 0 Å². The molecule has 0 aromatic heterocycles. The van der Waals surface area contributed by atoms with Crippen LogP contribution in [0.15, 0.2) is 73.3 Å². The Kier molecular flexibility index (Phi) is 6.56. The molecule has 0 fully saturated rings. The fourth-order valence-corrected chi connectivity index (χ4v) is 8.07. The van der Waals surface area contributed by atoms with Crippen molar-refractivity contribution in [2.75, 3.05) is 0 Å². The molecule has 1 atom stereocenters. The molecule has 0 saturated carbocycles. The molecule has 138 valence electrons. The summed E-state index contributed by atoms with van der Waals surface area (Å²) < 4.78 is 6.63.